The smallest absolute Gasteiger partial charge is 0.228 e. The molecule has 4 rings (SSSR count). The zero-order valence-electron chi connectivity index (χ0n) is 14.6. The first kappa shape index (κ1) is 17.1. The van der Waals surface area contributed by atoms with E-state index in [0.29, 0.717) is 0 Å². The Balaban J connectivity index is 1.58. The molecular weight excluding hydrogens is 344 g/mol. The van der Waals surface area contributed by atoms with Gasteiger partial charge in [0.15, 0.2) is 5.16 Å². The first-order chi connectivity index (χ1) is 12.9. The summed E-state index contributed by atoms with van der Waals surface area (Å²) in [6.07, 6.45) is 0. The monoisotopic (exact) mass is 366 g/mol. The van der Waals surface area contributed by atoms with Crippen molar-refractivity contribution in [1.29, 1.82) is 0 Å². The van der Waals surface area contributed by atoms with Crippen LogP contribution in [0.4, 0.5) is 5.95 Å². The van der Waals surface area contributed by atoms with Crippen LogP contribution in [0.2, 0.25) is 0 Å². The number of hydrogen-bond donors (Lipinski definition) is 0. The van der Waals surface area contributed by atoms with Crippen molar-refractivity contribution in [3.05, 3.63) is 71.8 Å². The number of benzene rings is 2. The van der Waals surface area contributed by atoms with Crippen molar-refractivity contribution in [1.82, 2.24) is 14.8 Å². The Morgan fingerprint density at radius 3 is 2.19 bits per heavy atom. The molecule has 2 heterocycles. The summed E-state index contributed by atoms with van der Waals surface area (Å²) < 4.78 is 7.72. The average Bonchev–Trinajstić information content (AvgIpc) is 3.11. The van der Waals surface area contributed by atoms with Crippen LogP contribution in [-0.2, 0) is 17.0 Å². The molecule has 1 saturated heterocycles. The molecule has 6 heteroatoms. The molecule has 1 fully saturated rings. The van der Waals surface area contributed by atoms with Crippen molar-refractivity contribution in [2.75, 3.05) is 31.2 Å². The summed E-state index contributed by atoms with van der Waals surface area (Å²) in [5, 5.41) is 9.96. The molecule has 1 aliphatic rings. The molecule has 0 N–H and O–H groups in total. The van der Waals surface area contributed by atoms with E-state index in [1.54, 1.807) is 11.8 Å². The molecule has 2 aromatic carbocycles. The highest BCUT2D eigenvalue weighted by atomic mass is 32.2. The highest BCUT2D eigenvalue weighted by Gasteiger charge is 2.20. The van der Waals surface area contributed by atoms with Gasteiger partial charge in [-0.05, 0) is 11.1 Å². The Morgan fingerprint density at radius 2 is 1.50 bits per heavy atom. The van der Waals surface area contributed by atoms with Crippen molar-refractivity contribution < 1.29 is 4.74 Å². The van der Waals surface area contributed by atoms with Crippen molar-refractivity contribution in [3.8, 4) is 0 Å². The van der Waals surface area contributed by atoms with Crippen LogP contribution in [0.1, 0.15) is 11.1 Å². The maximum Gasteiger partial charge on any atom is 0.228 e. The molecule has 0 atom stereocenters. The van der Waals surface area contributed by atoms with E-state index in [2.05, 4.69) is 68.2 Å². The quantitative estimate of drug-likeness (QED) is 0.625. The van der Waals surface area contributed by atoms with Crippen LogP contribution in [-0.4, -0.2) is 41.1 Å². The van der Waals surface area contributed by atoms with Crippen molar-refractivity contribution >= 4 is 17.7 Å². The maximum atomic E-state index is 5.49. The largest absolute Gasteiger partial charge is 0.378 e. The topological polar surface area (TPSA) is 43.2 Å². The lowest BCUT2D eigenvalue weighted by atomic mass is 10.2. The molecule has 0 amide bonds. The van der Waals surface area contributed by atoms with Gasteiger partial charge in [0.25, 0.3) is 0 Å². The van der Waals surface area contributed by atoms with Gasteiger partial charge in [-0.1, -0.05) is 72.4 Å². The molecule has 0 bridgehead atoms. The Labute approximate surface area is 158 Å². The molecule has 0 spiro atoms. The third kappa shape index (κ3) is 4.08. The van der Waals surface area contributed by atoms with Gasteiger partial charge in [-0.2, -0.15) is 0 Å². The average molecular weight is 366 g/mol. The fourth-order valence-electron chi connectivity index (χ4n) is 3.01. The lowest BCUT2D eigenvalue weighted by Gasteiger charge is -2.28. The van der Waals surface area contributed by atoms with E-state index in [4.69, 9.17) is 4.74 Å². The lowest BCUT2D eigenvalue weighted by Crippen LogP contribution is -2.38. The SMILES string of the molecule is c1ccc(CSc2nnc(N3CCOCC3)n2Cc2ccccc2)cc1. The van der Waals surface area contributed by atoms with Gasteiger partial charge < -0.3 is 9.64 Å². The van der Waals surface area contributed by atoms with E-state index in [1.807, 2.05) is 12.1 Å². The van der Waals surface area contributed by atoms with E-state index in [9.17, 15) is 0 Å². The van der Waals surface area contributed by atoms with Crippen LogP contribution in [0.15, 0.2) is 65.8 Å². The number of ether oxygens (including phenoxy) is 1. The predicted octanol–water partition coefficient (Wildman–Crippen LogP) is 3.46. The highest BCUT2D eigenvalue weighted by molar-refractivity contribution is 7.98. The zero-order chi connectivity index (χ0) is 17.6. The van der Waals surface area contributed by atoms with Crippen LogP contribution < -0.4 is 4.90 Å². The number of hydrogen-bond acceptors (Lipinski definition) is 5. The molecule has 5 nitrogen and oxygen atoms in total. The lowest BCUT2D eigenvalue weighted by molar-refractivity contribution is 0.121. The van der Waals surface area contributed by atoms with Gasteiger partial charge in [0.05, 0.1) is 19.8 Å². The molecular formula is C20H22N4OS. The first-order valence-corrected chi connectivity index (χ1v) is 9.85. The van der Waals surface area contributed by atoms with Crippen molar-refractivity contribution in [2.45, 2.75) is 17.5 Å². The standard InChI is InChI=1S/C20H22N4OS/c1-3-7-17(8-4-1)15-24-19(23-11-13-25-14-12-23)21-22-20(24)26-16-18-9-5-2-6-10-18/h1-10H,11-16H2. The predicted molar refractivity (Wildman–Crippen MR) is 105 cm³/mol. The number of rotatable bonds is 6. The van der Waals surface area contributed by atoms with E-state index >= 15 is 0 Å². The summed E-state index contributed by atoms with van der Waals surface area (Å²) in [5.41, 5.74) is 2.54. The molecule has 1 aliphatic heterocycles. The van der Waals surface area contributed by atoms with Crippen molar-refractivity contribution in [3.63, 3.8) is 0 Å². The molecule has 3 aromatic rings. The molecule has 0 saturated carbocycles. The fraction of sp³-hybridized carbons (Fsp3) is 0.300. The Bertz CT molecular complexity index is 816. The minimum Gasteiger partial charge on any atom is -0.378 e. The number of aromatic nitrogens is 3. The van der Waals surface area contributed by atoms with Crippen LogP contribution in [0.5, 0.6) is 0 Å². The van der Waals surface area contributed by atoms with Crippen LogP contribution in [0.3, 0.4) is 0 Å². The molecule has 1 aromatic heterocycles. The van der Waals surface area contributed by atoms with Crippen LogP contribution in [0.25, 0.3) is 0 Å². The Hall–Kier alpha value is -2.31. The first-order valence-electron chi connectivity index (χ1n) is 8.87. The normalized spacial score (nSPS) is 14.5. The molecule has 0 radical (unpaired) electrons. The number of thioether (sulfide) groups is 1. The van der Waals surface area contributed by atoms with Crippen LogP contribution >= 0.6 is 11.8 Å². The molecule has 0 aliphatic carbocycles. The van der Waals surface area contributed by atoms with Gasteiger partial charge in [0, 0.05) is 18.8 Å². The third-order valence-corrected chi connectivity index (χ3v) is 5.42. The second-order valence-corrected chi connectivity index (χ2v) is 7.17. The molecule has 134 valence electrons. The van der Waals surface area contributed by atoms with E-state index in [1.165, 1.54) is 11.1 Å². The summed E-state index contributed by atoms with van der Waals surface area (Å²) in [7, 11) is 0. The minimum atomic E-state index is 0.741. The summed E-state index contributed by atoms with van der Waals surface area (Å²) in [5.74, 6) is 1.82. The van der Waals surface area contributed by atoms with Gasteiger partial charge >= 0.3 is 0 Å². The highest BCUT2D eigenvalue weighted by Crippen LogP contribution is 2.26. The van der Waals surface area contributed by atoms with Gasteiger partial charge in [0.1, 0.15) is 0 Å². The van der Waals surface area contributed by atoms with Gasteiger partial charge in [0.2, 0.25) is 5.95 Å². The summed E-state index contributed by atoms with van der Waals surface area (Å²) in [4.78, 5) is 2.27. The summed E-state index contributed by atoms with van der Waals surface area (Å²) in [6, 6.07) is 21.0. The Kier molecular flexibility index (Phi) is 5.52. The Morgan fingerprint density at radius 1 is 0.846 bits per heavy atom. The van der Waals surface area contributed by atoms with E-state index in [-0.39, 0.29) is 0 Å². The second kappa shape index (κ2) is 8.38. The van der Waals surface area contributed by atoms with Crippen LogP contribution in [0, 0.1) is 0 Å². The number of anilines is 1. The second-order valence-electron chi connectivity index (χ2n) is 6.23. The van der Waals surface area contributed by atoms with E-state index in [0.717, 1.165) is 49.7 Å². The molecule has 0 unspecified atom stereocenters. The fourth-order valence-corrected chi connectivity index (χ4v) is 3.90. The minimum absolute atomic E-state index is 0.741. The maximum absolute atomic E-state index is 5.49. The zero-order valence-corrected chi connectivity index (χ0v) is 15.4. The van der Waals surface area contributed by atoms with Gasteiger partial charge in [-0.15, -0.1) is 10.2 Å². The summed E-state index contributed by atoms with van der Waals surface area (Å²) >= 11 is 1.74. The summed E-state index contributed by atoms with van der Waals surface area (Å²) in [6.45, 7) is 3.97. The van der Waals surface area contributed by atoms with Gasteiger partial charge in [-0.25, -0.2) is 0 Å². The third-order valence-electron chi connectivity index (χ3n) is 4.39. The molecule has 26 heavy (non-hydrogen) atoms. The van der Waals surface area contributed by atoms with Crippen molar-refractivity contribution in [2.24, 2.45) is 0 Å². The number of nitrogens with zero attached hydrogens (tertiary/aromatic N) is 4. The number of morpholine rings is 1. The van der Waals surface area contributed by atoms with Gasteiger partial charge in [-0.3, -0.25) is 4.57 Å². The van der Waals surface area contributed by atoms with E-state index < -0.39 is 0 Å².